The van der Waals surface area contributed by atoms with Crippen LogP contribution in [-0.4, -0.2) is 19.1 Å². The molecule has 0 aliphatic carbocycles. The molecule has 1 amide bonds. The molecule has 1 aromatic carbocycles. The number of amides is 1. The van der Waals surface area contributed by atoms with Gasteiger partial charge >= 0.3 is 0 Å². The molecular formula is C12H12BrNO3. The maximum atomic E-state index is 11.8. The van der Waals surface area contributed by atoms with Crippen molar-refractivity contribution in [1.82, 2.24) is 0 Å². The fraction of sp³-hybridized carbons (Fsp3) is 0.250. The van der Waals surface area contributed by atoms with Crippen molar-refractivity contribution >= 4 is 27.5 Å². The largest absolute Gasteiger partial charge is 0.494 e. The van der Waals surface area contributed by atoms with E-state index in [1.54, 1.807) is 0 Å². The van der Waals surface area contributed by atoms with Gasteiger partial charge in [0.15, 0.2) is 0 Å². The molecule has 1 heterocycles. The lowest BCUT2D eigenvalue weighted by Gasteiger charge is -2.15. The average molecular weight is 298 g/mol. The number of nitrogens with one attached hydrogen (secondary N) is 1. The van der Waals surface area contributed by atoms with Crippen molar-refractivity contribution in [2.24, 2.45) is 0 Å². The highest BCUT2D eigenvalue weighted by Crippen LogP contribution is 2.20. The minimum absolute atomic E-state index is 0.207. The van der Waals surface area contributed by atoms with Crippen LogP contribution in [0.3, 0.4) is 0 Å². The molecule has 0 fully saturated rings. The number of rotatable bonds is 2. The van der Waals surface area contributed by atoms with E-state index >= 15 is 0 Å². The molecule has 0 spiro atoms. The highest BCUT2D eigenvalue weighted by atomic mass is 79.9. The summed E-state index contributed by atoms with van der Waals surface area (Å²) in [7, 11) is 0. The SMILES string of the molecule is Cc1cc(Br)ccc1NC(=O)C1=COCCO1. The van der Waals surface area contributed by atoms with Crippen LogP contribution >= 0.6 is 15.9 Å². The molecule has 4 nitrogen and oxygen atoms in total. The van der Waals surface area contributed by atoms with Gasteiger partial charge in [-0.2, -0.15) is 0 Å². The van der Waals surface area contributed by atoms with Crippen molar-refractivity contribution in [2.45, 2.75) is 6.92 Å². The summed E-state index contributed by atoms with van der Waals surface area (Å²) in [6.07, 6.45) is 1.34. The molecule has 1 aliphatic heterocycles. The van der Waals surface area contributed by atoms with Crippen molar-refractivity contribution in [3.05, 3.63) is 40.3 Å². The van der Waals surface area contributed by atoms with Gasteiger partial charge in [0.2, 0.25) is 5.76 Å². The maximum Gasteiger partial charge on any atom is 0.294 e. The van der Waals surface area contributed by atoms with E-state index in [1.807, 2.05) is 25.1 Å². The number of ether oxygens (including phenoxy) is 2. The second-order valence-corrected chi connectivity index (χ2v) is 4.53. The van der Waals surface area contributed by atoms with Gasteiger partial charge < -0.3 is 14.8 Å². The Balaban J connectivity index is 2.10. The Morgan fingerprint density at radius 3 is 2.88 bits per heavy atom. The van der Waals surface area contributed by atoms with Crippen LogP contribution in [0.15, 0.2) is 34.7 Å². The molecule has 0 saturated carbocycles. The summed E-state index contributed by atoms with van der Waals surface area (Å²) < 4.78 is 11.2. The standard InChI is InChI=1S/C12H12BrNO3/c1-8-6-9(13)2-3-10(8)14-12(15)11-7-16-4-5-17-11/h2-3,6-7H,4-5H2,1H3,(H,14,15). The number of aryl methyl sites for hydroxylation is 1. The van der Waals surface area contributed by atoms with Gasteiger partial charge in [-0.05, 0) is 30.7 Å². The normalized spacial score (nSPS) is 14.4. The minimum Gasteiger partial charge on any atom is -0.494 e. The number of hydrogen-bond donors (Lipinski definition) is 1. The Labute approximate surface area is 108 Å². The van der Waals surface area contributed by atoms with Gasteiger partial charge in [0.1, 0.15) is 19.5 Å². The highest BCUT2D eigenvalue weighted by molar-refractivity contribution is 9.10. The second kappa shape index (κ2) is 5.23. The van der Waals surface area contributed by atoms with Crippen LogP contribution in [0, 0.1) is 6.92 Å². The third-order valence-corrected chi connectivity index (χ3v) is 2.80. The molecule has 90 valence electrons. The van der Waals surface area contributed by atoms with Crippen molar-refractivity contribution in [3.8, 4) is 0 Å². The van der Waals surface area contributed by atoms with E-state index < -0.39 is 0 Å². The highest BCUT2D eigenvalue weighted by Gasteiger charge is 2.15. The lowest BCUT2D eigenvalue weighted by molar-refractivity contribution is -0.117. The quantitative estimate of drug-likeness (QED) is 0.913. The van der Waals surface area contributed by atoms with E-state index in [9.17, 15) is 4.79 Å². The topological polar surface area (TPSA) is 47.6 Å². The third-order valence-electron chi connectivity index (χ3n) is 2.31. The summed E-state index contributed by atoms with van der Waals surface area (Å²) in [5, 5.41) is 2.77. The Hall–Kier alpha value is -1.49. The molecule has 2 rings (SSSR count). The summed E-state index contributed by atoms with van der Waals surface area (Å²) in [5.74, 6) is -0.0892. The number of carbonyl (C=O) groups excluding carboxylic acids is 1. The van der Waals surface area contributed by atoms with E-state index in [-0.39, 0.29) is 11.7 Å². The molecule has 0 atom stereocenters. The molecule has 17 heavy (non-hydrogen) atoms. The van der Waals surface area contributed by atoms with Crippen LogP contribution in [0.1, 0.15) is 5.56 Å². The molecule has 1 N–H and O–H groups in total. The fourth-order valence-corrected chi connectivity index (χ4v) is 1.91. The number of benzene rings is 1. The Morgan fingerprint density at radius 2 is 2.24 bits per heavy atom. The lowest BCUT2D eigenvalue weighted by atomic mass is 10.2. The molecule has 5 heteroatoms. The predicted octanol–water partition coefficient (Wildman–Crippen LogP) is 2.58. The molecule has 1 aromatic rings. The molecule has 0 saturated heterocycles. The maximum absolute atomic E-state index is 11.8. The van der Waals surface area contributed by atoms with Gasteiger partial charge in [0.25, 0.3) is 5.91 Å². The zero-order valence-corrected chi connectivity index (χ0v) is 10.9. The molecule has 0 aromatic heterocycles. The van der Waals surface area contributed by atoms with Gasteiger partial charge in [0.05, 0.1) is 0 Å². The summed E-state index contributed by atoms with van der Waals surface area (Å²) in [6.45, 7) is 2.81. The van der Waals surface area contributed by atoms with Gasteiger partial charge in [-0.25, -0.2) is 0 Å². The van der Waals surface area contributed by atoms with Crippen LogP contribution in [0.2, 0.25) is 0 Å². The number of carbonyl (C=O) groups is 1. The first kappa shape index (κ1) is 12.0. The molecule has 1 aliphatic rings. The number of halogens is 1. The van der Waals surface area contributed by atoms with E-state index in [0.717, 1.165) is 15.7 Å². The Bertz CT molecular complexity index is 471. The summed E-state index contributed by atoms with van der Waals surface area (Å²) >= 11 is 3.37. The van der Waals surface area contributed by atoms with Crippen molar-refractivity contribution in [2.75, 3.05) is 18.5 Å². The minimum atomic E-state index is -0.296. The van der Waals surface area contributed by atoms with Crippen molar-refractivity contribution in [1.29, 1.82) is 0 Å². The van der Waals surface area contributed by atoms with Crippen LogP contribution in [0.5, 0.6) is 0 Å². The Kier molecular flexibility index (Phi) is 3.68. The van der Waals surface area contributed by atoms with E-state index in [0.29, 0.717) is 13.2 Å². The zero-order chi connectivity index (χ0) is 12.3. The van der Waals surface area contributed by atoms with E-state index in [4.69, 9.17) is 9.47 Å². The second-order valence-electron chi connectivity index (χ2n) is 3.61. The van der Waals surface area contributed by atoms with Crippen LogP contribution < -0.4 is 5.32 Å². The summed E-state index contributed by atoms with van der Waals surface area (Å²) in [4.78, 5) is 11.8. The first-order valence-electron chi connectivity index (χ1n) is 5.19. The zero-order valence-electron chi connectivity index (χ0n) is 9.33. The van der Waals surface area contributed by atoms with Gasteiger partial charge in [0, 0.05) is 10.2 Å². The monoisotopic (exact) mass is 297 g/mol. The van der Waals surface area contributed by atoms with Gasteiger partial charge in [-0.15, -0.1) is 0 Å². The molecule has 0 radical (unpaired) electrons. The van der Waals surface area contributed by atoms with Crippen molar-refractivity contribution in [3.63, 3.8) is 0 Å². The third kappa shape index (κ3) is 3.00. The van der Waals surface area contributed by atoms with E-state index in [2.05, 4.69) is 21.2 Å². The summed E-state index contributed by atoms with van der Waals surface area (Å²) in [5.41, 5.74) is 1.73. The van der Waals surface area contributed by atoms with Crippen LogP contribution in [-0.2, 0) is 14.3 Å². The van der Waals surface area contributed by atoms with Crippen molar-refractivity contribution < 1.29 is 14.3 Å². The smallest absolute Gasteiger partial charge is 0.294 e. The van der Waals surface area contributed by atoms with Crippen LogP contribution in [0.4, 0.5) is 5.69 Å². The first-order chi connectivity index (χ1) is 8.16. The van der Waals surface area contributed by atoms with E-state index in [1.165, 1.54) is 6.26 Å². The van der Waals surface area contributed by atoms with Crippen LogP contribution in [0.25, 0.3) is 0 Å². The molecular weight excluding hydrogens is 286 g/mol. The fourth-order valence-electron chi connectivity index (χ4n) is 1.44. The van der Waals surface area contributed by atoms with Gasteiger partial charge in [-0.1, -0.05) is 15.9 Å². The Morgan fingerprint density at radius 1 is 1.41 bits per heavy atom. The molecule has 0 unspecified atom stereocenters. The average Bonchev–Trinajstić information content (AvgIpc) is 2.34. The predicted molar refractivity (Wildman–Crippen MR) is 67.5 cm³/mol. The number of anilines is 1. The number of hydrogen-bond acceptors (Lipinski definition) is 3. The summed E-state index contributed by atoms with van der Waals surface area (Å²) in [6, 6.07) is 5.64. The first-order valence-corrected chi connectivity index (χ1v) is 5.98. The molecule has 0 bridgehead atoms. The van der Waals surface area contributed by atoms with Gasteiger partial charge in [-0.3, -0.25) is 4.79 Å². The lowest BCUT2D eigenvalue weighted by Crippen LogP contribution is -2.21.